The molecular formula is C26H29ClFN3O. The number of halogens is 2. The van der Waals surface area contributed by atoms with Gasteiger partial charge in [0.1, 0.15) is 5.82 Å². The Labute approximate surface area is 195 Å². The second kappa shape index (κ2) is 11.3. The van der Waals surface area contributed by atoms with Crippen LogP contribution in [-0.2, 0) is 11.3 Å². The minimum Gasteiger partial charge on any atom is -0.334 e. The van der Waals surface area contributed by atoms with Gasteiger partial charge in [0.2, 0.25) is 5.91 Å². The van der Waals surface area contributed by atoms with Crippen LogP contribution < -0.4 is 0 Å². The average Bonchev–Trinajstić information content (AvgIpc) is 2.74. The van der Waals surface area contributed by atoms with Crippen LogP contribution in [0.4, 0.5) is 4.39 Å². The normalized spacial score (nSPS) is 16.9. The van der Waals surface area contributed by atoms with Gasteiger partial charge in [-0.15, -0.1) is 0 Å². The van der Waals surface area contributed by atoms with E-state index in [1.54, 1.807) is 12.1 Å². The zero-order valence-electron chi connectivity index (χ0n) is 18.8. The molecule has 1 saturated heterocycles. The summed E-state index contributed by atoms with van der Waals surface area (Å²) in [6, 6.07) is 12.2. The Bertz CT molecular complexity index is 1020. The van der Waals surface area contributed by atoms with Crippen LogP contribution in [0.5, 0.6) is 0 Å². The zero-order valence-corrected chi connectivity index (χ0v) is 19.6. The fourth-order valence-electron chi connectivity index (χ4n) is 3.68. The molecule has 6 heteroatoms. The van der Waals surface area contributed by atoms with Crippen molar-refractivity contribution in [2.75, 3.05) is 40.3 Å². The lowest BCUT2D eigenvalue weighted by molar-refractivity contribution is -0.130. The number of piperazine rings is 1. The smallest absolute Gasteiger partial charge is 0.246 e. The average molecular weight is 454 g/mol. The predicted octanol–water partition coefficient (Wildman–Crippen LogP) is 4.14. The first-order valence-electron chi connectivity index (χ1n) is 10.7. The SMILES string of the molecule is CC1CN(Cc2ccc(F)cc2)CCN1C(=O)/C=C/c1ccc(Cl)cc1C#CCN(C)C. The van der Waals surface area contributed by atoms with E-state index >= 15 is 0 Å². The molecule has 0 N–H and O–H groups in total. The molecule has 4 nitrogen and oxygen atoms in total. The summed E-state index contributed by atoms with van der Waals surface area (Å²) in [5.41, 5.74) is 2.75. The van der Waals surface area contributed by atoms with Gasteiger partial charge in [-0.05, 0) is 62.5 Å². The van der Waals surface area contributed by atoms with Gasteiger partial charge in [0.15, 0.2) is 0 Å². The highest BCUT2D eigenvalue weighted by molar-refractivity contribution is 6.30. The summed E-state index contributed by atoms with van der Waals surface area (Å²) < 4.78 is 13.1. The van der Waals surface area contributed by atoms with E-state index in [-0.39, 0.29) is 17.8 Å². The van der Waals surface area contributed by atoms with Crippen LogP contribution in [0.15, 0.2) is 48.5 Å². The highest BCUT2D eigenvalue weighted by Crippen LogP contribution is 2.18. The molecule has 1 unspecified atom stereocenters. The third-order valence-corrected chi connectivity index (χ3v) is 5.59. The number of amides is 1. The van der Waals surface area contributed by atoms with Crippen molar-refractivity contribution in [3.05, 3.63) is 76.1 Å². The number of hydrogen-bond acceptors (Lipinski definition) is 3. The van der Waals surface area contributed by atoms with Crippen LogP contribution in [0.1, 0.15) is 23.6 Å². The van der Waals surface area contributed by atoms with Crippen LogP contribution in [0.2, 0.25) is 5.02 Å². The molecule has 1 aliphatic heterocycles. The van der Waals surface area contributed by atoms with Crippen LogP contribution in [0, 0.1) is 17.7 Å². The summed E-state index contributed by atoms with van der Waals surface area (Å²) in [4.78, 5) is 19.1. The molecule has 3 rings (SSSR count). The Hall–Kier alpha value is -2.65. The molecule has 0 bridgehead atoms. The molecule has 1 amide bonds. The van der Waals surface area contributed by atoms with E-state index in [0.717, 1.165) is 36.3 Å². The van der Waals surface area contributed by atoms with Gasteiger partial charge >= 0.3 is 0 Å². The second-order valence-electron chi connectivity index (χ2n) is 8.35. The molecule has 2 aromatic carbocycles. The van der Waals surface area contributed by atoms with Crippen molar-refractivity contribution >= 4 is 23.6 Å². The maximum absolute atomic E-state index is 13.1. The third-order valence-electron chi connectivity index (χ3n) is 5.35. The maximum Gasteiger partial charge on any atom is 0.246 e. The largest absolute Gasteiger partial charge is 0.334 e. The summed E-state index contributed by atoms with van der Waals surface area (Å²) in [7, 11) is 3.93. The summed E-state index contributed by atoms with van der Waals surface area (Å²) in [6.45, 7) is 5.67. The van der Waals surface area contributed by atoms with E-state index < -0.39 is 0 Å². The van der Waals surface area contributed by atoms with Crippen molar-refractivity contribution in [3.63, 3.8) is 0 Å². The highest BCUT2D eigenvalue weighted by atomic mass is 35.5. The lowest BCUT2D eigenvalue weighted by Crippen LogP contribution is -2.53. The first-order valence-corrected chi connectivity index (χ1v) is 11.1. The number of rotatable bonds is 5. The van der Waals surface area contributed by atoms with Gasteiger partial charge in [0, 0.05) is 48.9 Å². The predicted molar refractivity (Wildman–Crippen MR) is 129 cm³/mol. The summed E-state index contributed by atoms with van der Waals surface area (Å²) in [5.74, 6) is 6.03. The monoisotopic (exact) mass is 453 g/mol. The number of hydrogen-bond donors (Lipinski definition) is 0. The highest BCUT2D eigenvalue weighted by Gasteiger charge is 2.26. The molecule has 1 atom stereocenters. The van der Waals surface area contributed by atoms with Crippen molar-refractivity contribution in [2.24, 2.45) is 0 Å². The van der Waals surface area contributed by atoms with E-state index in [4.69, 9.17) is 11.6 Å². The molecule has 32 heavy (non-hydrogen) atoms. The summed E-state index contributed by atoms with van der Waals surface area (Å²) in [6.07, 6.45) is 3.43. The van der Waals surface area contributed by atoms with E-state index in [2.05, 4.69) is 23.7 Å². The lowest BCUT2D eigenvalue weighted by atomic mass is 10.1. The Morgan fingerprint density at radius 3 is 2.66 bits per heavy atom. The van der Waals surface area contributed by atoms with Crippen molar-refractivity contribution < 1.29 is 9.18 Å². The number of carbonyl (C=O) groups is 1. The molecule has 0 aromatic heterocycles. The molecule has 0 spiro atoms. The number of nitrogens with zero attached hydrogens (tertiary/aromatic N) is 3. The van der Waals surface area contributed by atoms with Crippen LogP contribution in [0.3, 0.4) is 0 Å². The Kier molecular flexibility index (Phi) is 8.46. The van der Waals surface area contributed by atoms with E-state index in [1.165, 1.54) is 12.1 Å². The van der Waals surface area contributed by atoms with Gasteiger partial charge in [-0.25, -0.2) is 4.39 Å². The van der Waals surface area contributed by atoms with Gasteiger partial charge in [-0.1, -0.05) is 41.6 Å². The minimum atomic E-state index is -0.225. The van der Waals surface area contributed by atoms with Crippen LogP contribution in [-0.4, -0.2) is 66.9 Å². The molecule has 1 aliphatic rings. The molecule has 0 saturated carbocycles. The summed E-state index contributed by atoms with van der Waals surface area (Å²) in [5, 5.41) is 0.619. The van der Waals surface area contributed by atoms with Gasteiger partial charge in [-0.2, -0.15) is 0 Å². The molecule has 0 aliphatic carbocycles. The van der Waals surface area contributed by atoms with Crippen molar-refractivity contribution in [1.29, 1.82) is 0 Å². The Morgan fingerprint density at radius 2 is 1.97 bits per heavy atom. The minimum absolute atomic E-state index is 0.0129. The standard InChI is InChI=1S/C26H29ClFN3O/c1-20-18-30(19-21-6-11-25(28)12-7-21)15-16-31(20)26(32)13-9-22-8-10-24(27)17-23(22)5-4-14-29(2)3/h6-13,17,20H,14-16,18-19H2,1-3H3/b13-9+. The van der Waals surface area contributed by atoms with Gasteiger partial charge < -0.3 is 4.90 Å². The lowest BCUT2D eigenvalue weighted by Gasteiger charge is -2.39. The first kappa shape index (κ1) is 24.0. The van der Waals surface area contributed by atoms with E-state index in [9.17, 15) is 9.18 Å². The van der Waals surface area contributed by atoms with Crippen LogP contribution >= 0.6 is 11.6 Å². The maximum atomic E-state index is 13.1. The third kappa shape index (κ3) is 6.93. The fourth-order valence-corrected chi connectivity index (χ4v) is 3.86. The Balaban J connectivity index is 1.62. The first-order chi connectivity index (χ1) is 15.3. The molecule has 0 radical (unpaired) electrons. The second-order valence-corrected chi connectivity index (χ2v) is 8.78. The fraction of sp³-hybridized carbons (Fsp3) is 0.346. The van der Waals surface area contributed by atoms with Gasteiger partial charge in [0.25, 0.3) is 0 Å². The zero-order chi connectivity index (χ0) is 23.1. The number of benzene rings is 2. The van der Waals surface area contributed by atoms with Crippen LogP contribution in [0.25, 0.3) is 6.08 Å². The van der Waals surface area contributed by atoms with E-state index in [0.29, 0.717) is 18.1 Å². The van der Waals surface area contributed by atoms with E-state index in [1.807, 2.05) is 54.2 Å². The Morgan fingerprint density at radius 1 is 1.22 bits per heavy atom. The molecule has 1 fully saturated rings. The van der Waals surface area contributed by atoms with Gasteiger partial charge in [0.05, 0.1) is 6.54 Å². The molecular weight excluding hydrogens is 425 g/mol. The van der Waals surface area contributed by atoms with Gasteiger partial charge in [-0.3, -0.25) is 14.6 Å². The molecule has 168 valence electrons. The number of carbonyl (C=O) groups excluding carboxylic acids is 1. The molecule has 1 heterocycles. The molecule has 2 aromatic rings. The topological polar surface area (TPSA) is 26.8 Å². The van der Waals surface area contributed by atoms with Crippen molar-refractivity contribution in [3.8, 4) is 11.8 Å². The van der Waals surface area contributed by atoms with Crippen molar-refractivity contribution in [2.45, 2.75) is 19.5 Å². The quantitative estimate of drug-likeness (QED) is 0.503. The summed E-state index contributed by atoms with van der Waals surface area (Å²) >= 11 is 6.14. The van der Waals surface area contributed by atoms with Crippen molar-refractivity contribution in [1.82, 2.24) is 14.7 Å².